The van der Waals surface area contributed by atoms with Crippen molar-refractivity contribution in [3.05, 3.63) is 59.2 Å². The maximum atomic E-state index is 12.4. The molecule has 0 aliphatic carbocycles. The Kier molecular flexibility index (Phi) is 7.69. The maximum absolute atomic E-state index is 12.4. The molecule has 1 saturated heterocycles. The van der Waals surface area contributed by atoms with Crippen LogP contribution in [0.5, 0.6) is 0 Å². The molecule has 0 aromatic heterocycles. The van der Waals surface area contributed by atoms with Crippen molar-refractivity contribution < 1.29 is 17.9 Å². The number of hydrogen-bond acceptors (Lipinski definition) is 5. The van der Waals surface area contributed by atoms with Gasteiger partial charge in [0.2, 0.25) is 15.9 Å². The predicted molar refractivity (Wildman–Crippen MR) is 122 cm³/mol. The van der Waals surface area contributed by atoms with Gasteiger partial charge < -0.3 is 15.0 Å². The van der Waals surface area contributed by atoms with Crippen LogP contribution in [-0.4, -0.2) is 47.2 Å². The molecule has 1 heterocycles. The van der Waals surface area contributed by atoms with E-state index in [-0.39, 0.29) is 29.8 Å². The average Bonchev–Trinajstić information content (AvgIpc) is 2.76. The molecule has 1 atom stereocenters. The molecule has 0 saturated carbocycles. The summed E-state index contributed by atoms with van der Waals surface area (Å²) < 4.78 is 32.7. The molecule has 2 aromatic rings. The lowest BCUT2D eigenvalue weighted by Gasteiger charge is -2.29. The number of sulfonamides is 1. The van der Waals surface area contributed by atoms with Gasteiger partial charge >= 0.3 is 0 Å². The number of aryl methyl sites for hydroxylation is 2. The van der Waals surface area contributed by atoms with Crippen molar-refractivity contribution in [2.45, 2.75) is 38.1 Å². The molecule has 3 rings (SSSR count). The summed E-state index contributed by atoms with van der Waals surface area (Å²) in [5.41, 5.74) is 4.09. The van der Waals surface area contributed by atoms with Gasteiger partial charge in [-0.15, -0.1) is 0 Å². The van der Waals surface area contributed by atoms with E-state index in [1.54, 1.807) is 18.2 Å². The number of anilines is 1. The van der Waals surface area contributed by atoms with Crippen LogP contribution < -0.4 is 14.9 Å². The highest BCUT2D eigenvalue weighted by molar-refractivity contribution is 7.89. The Morgan fingerprint density at radius 3 is 2.39 bits per heavy atom. The summed E-state index contributed by atoms with van der Waals surface area (Å²) in [4.78, 5) is 14.8. The van der Waals surface area contributed by atoms with E-state index in [9.17, 15) is 13.2 Å². The molecule has 1 aliphatic heterocycles. The fourth-order valence-electron chi connectivity index (χ4n) is 3.46. The number of hydrogen-bond donors (Lipinski definition) is 2. The summed E-state index contributed by atoms with van der Waals surface area (Å²) in [6, 6.07) is 13.0. The Bertz CT molecular complexity index is 1000. The van der Waals surface area contributed by atoms with E-state index in [0.29, 0.717) is 0 Å². The molecule has 7 nitrogen and oxygen atoms in total. The van der Waals surface area contributed by atoms with Gasteiger partial charge in [0.05, 0.1) is 24.2 Å². The van der Waals surface area contributed by atoms with Gasteiger partial charge in [-0.25, -0.2) is 13.1 Å². The van der Waals surface area contributed by atoms with E-state index >= 15 is 0 Å². The summed E-state index contributed by atoms with van der Waals surface area (Å²) in [6.45, 7) is 9.00. The van der Waals surface area contributed by atoms with Gasteiger partial charge in [0, 0.05) is 31.7 Å². The minimum atomic E-state index is -3.63. The number of benzene rings is 2. The zero-order chi connectivity index (χ0) is 22.4. The van der Waals surface area contributed by atoms with Gasteiger partial charge in [0.25, 0.3) is 0 Å². The first kappa shape index (κ1) is 23.2. The van der Waals surface area contributed by atoms with Crippen LogP contribution in [0.1, 0.15) is 36.1 Å². The summed E-state index contributed by atoms with van der Waals surface area (Å²) in [7, 11) is -3.63. The van der Waals surface area contributed by atoms with E-state index in [0.717, 1.165) is 48.7 Å². The number of carbonyl (C=O) groups is 1. The van der Waals surface area contributed by atoms with E-state index in [2.05, 4.69) is 27.1 Å². The van der Waals surface area contributed by atoms with Crippen LogP contribution in [0.15, 0.2) is 47.4 Å². The lowest BCUT2D eigenvalue weighted by atomic mass is 10.1. The van der Waals surface area contributed by atoms with Crippen LogP contribution in [0.2, 0.25) is 0 Å². The summed E-state index contributed by atoms with van der Waals surface area (Å²) in [6.07, 6.45) is 0.0697. The number of rotatable bonds is 8. The van der Waals surface area contributed by atoms with Gasteiger partial charge in [-0.05, 0) is 61.7 Å². The van der Waals surface area contributed by atoms with E-state index < -0.39 is 10.0 Å². The molecule has 168 valence electrons. The largest absolute Gasteiger partial charge is 0.378 e. The van der Waals surface area contributed by atoms with Crippen LogP contribution >= 0.6 is 0 Å². The summed E-state index contributed by atoms with van der Waals surface area (Å²) in [5.74, 6) is -0.201. The highest BCUT2D eigenvalue weighted by Gasteiger charge is 2.16. The van der Waals surface area contributed by atoms with Crippen molar-refractivity contribution in [3.63, 3.8) is 0 Å². The van der Waals surface area contributed by atoms with Crippen molar-refractivity contribution in [1.29, 1.82) is 0 Å². The Balaban J connectivity index is 1.48. The minimum absolute atomic E-state index is 0.0454. The molecule has 1 amide bonds. The summed E-state index contributed by atoms with van der Waals surface area (Å²) >= 11 is 0. The lowest BCUT2D eigenvalue weighted by molar-refractivity contribution is -0.121. The number of nitrogens with zero attached hydrogens (tertiary/aromatic N) is 1. The van der Waals surface area contributed by atoms with E-state index in [1.165, 1.54) is 0 Å². The number of morpholine rings is 1. The van der Waals surface area contributed by atoms with Crippen LogP contribution in [0.4, 0.5) is 5.69 Å². The highest BCUT2D eigenvalue weighted by Crippen LogP contribution is 2.20. The third-order valence-corrected chi connectivity index (χ3v) is 7.04. The molecule has 1 aliphatic rings. The quantitative estimate of drug-likeness (QED) is 0.652. The van der Waals surface area contributed by atoms with Crippen molar-refractivity contribution >= 4 is 21.6 Å². The van der Waals surface area contributed by atoms with Crippen LogP contribution in [-0.2, 0) is 19.6 Å². The van der Waals surface area contributed by atoms with Crippen molar-refractivity contribution in [3.8, 4) is 0 Å². The average molecular weight is 446 g/mol. The molecule has 8 heteroatoms. The number of carbonyl (C=O) groups excluding carboxylic acids is 1. The van der Waals surface area contributed by atoms with Crippen LogP contribution in [0.25, 0.3) is 0 Å². The zero-order valence-corrected chi connectivity index (χ0v) is 19.2. The first-order chi connectivity index (χ1) is 14.8. The second-order valence-electron chi connectivity index (χ2n) is 7.87. The van der Waals surface area contributed by atoms with Crippen molar-refractivity contribution in [2.75, 3.05) is 37.7 Å². The van der Waals surface area contributed by atoms with Gasteiger partial charge in [0.1, 0.15) is 0 Å². The maximum Gasteiger partial charge on any atom is 0.240 e. The highest BCUT2D eigenvalue weighted by atomic mass is 32.2. The fourth-order valence-corrected chi connectivity index (χ4v) is 4.57. The predicted octanol–water partition coefficient (Wildman–Crippen LogP) is 2.69. The Morgan fingerprint density at radius 1 is 1.06 bits per heavy atom. The van der Waals surface area contributed by atoms with Crippen LogP contribution in [0.3, 0.4) is 0 Å². The molecule has 0 spiro atoms. The Labute approximate surface area is 184 Å². The Hall–Kier alpha value is -2.42. The van der Waals surface area contributed by atoms with Gasteiger partial charge in [-0.2, -0.15) is 0 Å². The monoisotopic (exact) mass is 445 g/mol. The molecule has 0 bridgehead atoms. The SMILES string of the molecule is Cc1ccc(S(=O)(=O)NCCC(=O)NC(C)c2ccc(N3CCOCC3)cc2)cc1C. The molecular weight excluding hydrogens is 414 g/mol. The molecule has 2 aromatic carbocycles. The Morgan fingerprint density at radius 2 is 1.74 bits per heavy atom. The fraction of sp³-hybridized carbons (Fsp3) is 0.435. The second-order valence-corrected chi connectivity index (χ2v) is 9.64. The lowest BCUT2D eigenvalue weighted by Crippen LogP contribution is -2.36. The number of nitrogens with one attached hydrogen (secondary N) is 2. The van der Waals surface area contributed by atoms with E-state index in [4.69, 9.17) is 4.74 Å². The molecule has 1 unspecified atom stereocenters. The third kappa shape index (κ3) is 6.29. The number of amides is 1. The molecule has 31 heavy (non-hydrogen) atoms. The molecular formula is C23H31N3O4S. The minimum Gasteiger partial charge on any atom is -0.378 e. The second kappa shape index (κ2) is 10.3. The standard InChI is InChI=1S/C23H31N3O4S/c1-17-4-9-22(16-18(17)2)31(28,29)24-11-10-23(27)25-19(3)20-5-7-21(8-6-20)26-12-14-30-15-13-26/h4-9,16,19,24H,10-15H2,1-3H3,(H,25,27). The topological polar surface area (TPSA) is 87.7 Å². The zero-order valence-electron chi connectivity index (χ0n) is 18.3. The van der Waals surface area contributed by atoms with Crippen LogP contribution in [0, 0.1) is 13.8 Å². The normalized spacial score (nSPS) is 15.5. The van der Waals surface area contributed by atoms with Gasteiger partial charge in [0.15, 0.2) is 0 Å². The van der Waals surface area contributed by atoms with Crippen molar-refractivity contribution in [1.82, 2.24) is 10.0 Å². The molecule has 0 radical (unpaired) electrons. The van der Waals surface area contributed by atoms with Gasteiger partial charge in [-0.1, -0.05) is 18.2 Å². The van der Waals surface area contributed by atoms with Crippen molar-refractivity contribution in [2.24, 2.45) is 0 Å². The third-order valence-electron chi connectivity index (χ3n) is 5.58. The smallest absolute Gasteiger partial charge is 0.240 e. The number of ether oxygens (including phenoxy) is 1. The van der Waals surface area contributed by atoms with Gasteiger partial charge in [-0.3, -0.25) is 4.79 Å². The van der Waals surface area contributed by atoms with E-state index in [1.807, 2.05) is 32.9 Å². The molecule has 2 N–H and O–H groups in total. The summed E-state index contributed by atoms with van der Waals surface area (Å²) in [5, 5.41) is 2.93. The first-order valence-electron chi connectivity index (χ1n) is 10.6. The first-order valence-corrected chi connectivity index (χ1v) is 12.0. The molecule has 1 fully saturated rings.